The molecule has 7 nitrogen and oxygen atoms in total. The van der Waals surface area contributed by atoms with Gasteiger partial charge >= 0.3 is 0 Å². The Balaban J connectivity index is 1.65. The Labute approximate surface area is 177 Å². The SMILES string of the molecule is Oc1cc(O)c(-c2nc3cccnc3n2-c2ccc(N3CCOCC3)cc2)cc1Cl. The monoisotopic (exact) mass is 422 g/mol. The van der Waals surface area contributed by atoms with E-state index >= 15 is 0 Å². The summed E-state index contributed by atoms with van der Waals surface area (Å²) in [7, 11) is 0. The van der Waals surface area contributed by atoms with E-state index < -0.39 is 0 Å². The number of morpholine rings is 1. The number of phenolic OH excluding ortho intramolecular Hbond substituents is 2. The zero-order valence-corrected chi connectivity index (χ0v) is 16.8. The Morgan fingerprint density at radius 2 is 1.67 bits per heavy atom. The van der Waals surface area contributed by atoms with Crippen LogP contribution in [0.15, 0.2) is 54.7 Å². The predicted molar refractivity (Wildman–Crippen MR) is 116 cm³/mol. The average Bonchev–Trinajstić information content (AvgIpc) is 3.16. The van der Waals surface area contributed by atoms with E-state index in [-0.39, 0.29) is 16.5 Å². The quantitative estimate of drug-likeness (QED) is 0.519. The van der Waals surface area contributed by atoms with Gasteiger partial charge in [0.1, 0.15) is 17.0 Å². The summed E-state index contributed by atoms with van der Waals surface area (Å²) >= 11 is 6.11. The summed E-state index contributed by atoms with van der Waals surface area (Å²) in [6, 6.07) is 14.5. The molecular formula is C22H19ClN4O3. The number of ether oxygens (including phenoxy) is 1. The molecule has 3 heterocycles. The molecule has 1 fully saturated rings. The minimum atomic E-state index is -0.187. The molecule has 4 aromatic rings. The van der Waals surface area contributed by atoms with E-state index in [1.165, 1.54) is 12.1 Å². The first kappa shape index (κ1) is 18.7. The number of fused-ring (bicyclic) bond motifs is 1. The summed E-state index contributed by atoms with van der Waals surface area (Å²) in [6.45, 7) is 3.17. The number of aromatic nitrogens is 3. The number of hydrogen-bond acceptors (Lipinski definition) is 6. The second-order valence-corrected chi connectivity index (χ2v) is 7.46. The standard InChI is InChI=1S/C22H19ClN4O3/c23-17-12-16(19(28)13-20(17)29)21-25-18-2-1-7-24-22(18)27(21)15-5-3-14(4-6-15)26-8-10-30-11-9-26/h1-7,12-13,28-29H,8-11H2. The minimum Gasteiger partial charge on any atom is -0.507 e. The largest absolute Gasteiger partial charge is 0.507 e. The van der Waals surface area contributed by atoms with Crippen LogP contribution in [0.5, 0.6) is 11.5 Å². The summed E-state index contributed by atoms with van der Waals surface area (Å²) in [5, 5.41) is 20.4. The molecule has 0 aliphatic carbocycles. The Kier molecular flexibility index (Phi) is 4.69. The highest BCUT2D eigenvalue weighted by molar-refractivity contribution is 6.32. The summed E-state index contributed by atoms with van der Waals surface area (Å²) in [6.07, 6.45) is 1.70. The lowest BCUT2D eigenvalue weighted by molar-refractivity contribution is 0.122. The lowest BCUT2D eigenvalue weighted by Crippen LogP contribution is -2.36. The fourth-order valence-electron chi connectivity index (χ4n) is 3.70. The maximum absolute atomic E-state index is 10.5. The Morgan fingerprint density at radius 1 is 0.933 bits per heavy atom. The van der Waals surface area contributed by atoms with Crippen LogP contribution >= 0.6 is 11.6 Å². The van der Waals surface area contributed by atoms with Gasteiger partial charge in [-0.05, 0) is 42.5 Å². The molecule has 0 amide bonds. The highest BCUT2D eigenvalue weighted by atomic mass is 35.5. The minimum absolute atomic E-state index is 0.113. The second-order valence-electron chi connectivity index (χ2n) is 7.05. The van der Waals surface area contributed by atoms with Crippen LogP contribution in [0.25, 0.3) is 28.2 Å². The average molecular weight is 423 g/mol. The van der Waals surface area contributed by atoms with Gasteiger partial charge in [0.25, 0.3) is 0 Å². The maximum atomic E-state index is 10.5. The third kappa shape index (κ3) is 3.22. The first-order valence-corrected chi connectivity index (χ1v) is 9.98. The van der Waals surface area contributed by atoms with Crippen molar-refractivity contribution in [1.82, 2.24) is 14.5 Å². The van der Waals surface area contributed by atoms with Crippen molar-refractivity contribution in [3.05, 3.63) is 59.8 Å². The van der Waals surface area contributed by atoms with Gasteiger partial charge in [-0.15, -0.1) is 0 Å². The molecule has 2 aromatic heterocycles. The lowest BCUT2D eigenvalue weighted by atomic mass is 10.1. The normalized spacial score (nSPS) is 14.4. The predicted octanol–water partition coefficient (Wildman–Crippen LogP) is 3.99. The first-order chi connectivity index (χ1) is 14.6. The number of hydrogen-bond donors (Lipinski definition) is 2. The van der Waals surface area contributed by atoms with E-state index in [4.69, 9.17) is 16.3 Å². The van der Waals surface area contributed by atoms with Crippen LogP contribution in [0.3, 0.4) is 0 Å². The summed E-state index contributed by atoms with van der Waals surface area (Å²) in [5.74, 6) is 0.189. The van der Waals surface area contributed by atoms with Crippen LogP contribution in [0.4, 0.5) is 5.69 Å². The molecule has 0 saturated carbocycles. The zero-order valence-electron chi connectivity index (χ0n) is 16.0. The van der Waals surface area contributed by atoms with Gasteiger partial charge in [-0.1, -0.05) is 11.6 Å². The zero-order chi connectivity index (χ0) is 20.7. The number of anilines is 1. The van der Waals surface area contributed by atoms with Crippen LogP contribution in [-0.4, -0.2) is 51.1 Å². The molecular weight excluding hydrogens is 404 g/mol. The third-order valence-corrected chi connectivity index (χ3v) is 5.51. The van der Waals surface area contributed by atoms with Gasteiger partial charge in [-0.2, -0.15) is 0 Å². The highest BCUT2D eigenvalue weighted by Crippen LogP contribution is 2.39. The van der Waals surface area contributed by atoms with Crippen molar-refractivity contribution in [1.29, 1.82) is 0 Å². The van der Waals surface area contributed by atoms with Crippen molar-refractivity contribution in [2.24, 2.45) is 0 Å². The Hall–Kier alpha value is -3.29. The summed E-state index contributed by atoms with van der Waals surface area (Å²) in [4.78, 5) is 11.5. The molecule has 0 radical (unpaired) electrons. The van der Waals surface area contributed by atoms with Crippen LogP contribution in [0, 0.1) is 0 Å². The van der Waals surface area contributed by atoms with E-state index in [1.807, 2.05) is 28.8 Å². The summed E-state index contributed by atoms with van der Waals surface area (Å²) in [5.41, 5.74) is 3.74. The maximum Gasteiger partial charge on any atom is 0.164 e. The van der Waals surface area contributed by atoms with Gasteiger partial charge in [0.2, 0.25) is 0 Å². The first-order valence-electron chi connectivity index (χ1n) is 9.60. The molecule has 30 heavy (non-hydrogen) atoms. The van der Waals surface area contributed by atoms with Crippen molar-refractivity contribution in [3.8, 4) is 28.6 Å². The van der Waals surface area contributed by atoms with Crippen LogP contribution in [0.2, 0.25) is 5.02 Å². The topological polar surface area (TPSA) is 83.6 Å². The Bertz CT molecular complexity index is 1220. The van der Waals surface area contributed by atoms with Crippen LogP contribution in [-0.2, 0) is 4.74 Å². The molecule has 0 bridgehead atoms. The number of pyridine rings is 1. The number of halogens is 1. The molecule has 8 heteroatoms. The number of imidazole rings is 1. The number of aromatic hydroxyl groups is 2. The van der Waals surface area contributed by atoms with E-state index in [0.717, 1.165) is 37.7 Å². The second kappa shape index (κ2) is 7.51. The van der Waals surface area contributed by atoms with Crippen molar-refractivity contribution in [2.45, 2.75) is 0 Å². The van der Waals surface area contributed by atoms with Crippen molar-refractivity contribution >= 4 is 28.5 Å². The Morgan fingerprint density at radius 3 is 2.43 bits per heavy atom. The van der Waals surface area contributed by atoms with Gasteiger partial charge in [0, 0.05) is 36.7 Å². The summed E-state index contributed by atoms with van der Waals surface area (Å²) < 4.78 is 7.31. The van der Waals surface area contributed by atoms with Crippen molar-refractivity contribution in [3.63, 3.8) is 0 Å². The van der Waals surface area contributed by atoms with Gasteiger partial charge in [-0.25, -0.2) is 9.97 Å². The molecule has 2 aromatic carbocycles. The third-order valence-electron chi connectivity index (χ3n) is 5.21. The molecule has 152 valence electrons. The van der Waals surface area contributed by atoms with E-state index in [1.54, 1.807) is 6.20 Å². The molecule has 1 aliphatic heterocycles. The fourth-order valence-corrected chi connectivity index (χ4v) is 3.87. The van der Waals surface area contributed by atoms with Crippen molar-refractivity contribution < 1.29 is 14.9 Å². The van der Waals surface area contributed by atoms with Crippen molar-refractivity contribution in [2.75, 3.05) is 31.2 Å². The van der Waals surface area contributed by atoms with Crippen LogP contribution < -0.4 is 4.90 Å². The van der Waals surface area contributed by atoms with Crippen LogP contribution in [0.1, 0.15) is 0 Å². The molecule has 2 N–H and O–H groups in total. The number of rotatable bonds is 3. The fraction of sp³-hybridized carbons (Fsp3) is 0.182. The number of benzene rings is 2. The number of nitrogens with zero attached hydrogens (tertiary/aromatic N) is 4. The van der Waals surface area contributed by atoms with Gasteiger partial charge in [0.05, 0.1) is 23.8 Å². The number of phenols is 2. The molecule has 5 rings (SSSR count). The van der Waals surface area contributed by atoms with E-state index in [2.05, 4.69) is 27.0 Å². The van der Waals surface area contributed by atoms with Gasteiger partial charge in [-0.3, -0.25) is 4.57 Å². The smallest absolute Gasteiger partial charge is 0.164 e. The lowest BCUT2D eigenvalue weighted by Gasteiger charge is -2.29. The van der Waals surface area contributed by atoms with E-state index in [9.17, 15) is 10.2 Å². The van der Waals surface area contributed by atoms with E-state index in [0.29, 0.717) is 22.6 Å². The molecule has 0 spiro atoms. The molecule has 0 atom stereocenters. The molecule has 0 unspecified atom stereocenters. The van der Waals surface area contributed by atoms with Gasteiger partial charge < -0.3 is 19.8 Å². The molecule has 1 saturated heterocycles. The van der Waals surface area contributed by atoms with Gasteiger partial charge in [0.15, 0.2) is 11.5 Å². The molecule has 1 aliphatic rings. The highest BCUT2D eigenvalue weighted by Gasteiger charge is 2.20.